The fourth-order valence-corrected chi connectivity index (χ4v) is 0.938. The van der Waals surface area contributed by atoms with E-state index in [0.717, 1.165) is 5.69 Å². The number of para-hydroxylation sites is 1. The smallest absolute Gasteiger partial charge is 0.143 e. The van der Waals surface area contributed by atoms with E-state index >= 15 is 0 Å². The Labute approximate surface area is 83.9 Å². The lowest BCUT2D eigenvalue weighted by Crippen LogP contribution is -2.07. The number of rotatable bonds is 2. The maximum Gasteiger partial charge on any atom is 0.143 e. The highest BCUT2D eigenvalue weighted by Crippen LogP contribution is 2.08. The molecule has 0 N–H and O–H groups in total. The van der Waals surface area contributed by atoms with Crippen LogP contribution >= 0.6 is 0 Å². The van der Waals surface area contributed by atoms with Crippen molar-refractivity contribution in [2.24, 2.45) is 0 Å². The molecule has 0 aromatic heterocycles. The van der Waals surface area contributed by atoms with Gasteiger partial charge < -0.3 is 4.90 Å². The number of hydrogen-bond donors (Lipinski definition) is 0. The van der Waals surface area contributed by atoms with E-state index in [4.69, 9.17) is 0 Å². The largest absolute Gasteiger partial charge is 0.304 e. The van der Waals surface area contributed by atoms with E-state index in [9.17, 15) is 4.79 Å². The van der Waals surface area contributed by atoms with Crippen molar-refractivity contribution in [3.05, 3.63) is 42.5 Å². The fraction of sp³-hybridized carbons (Fsp3) is 0.0833. The highest BCUT2D eigenvalue weighted by Gasteiger charge is 1.92. The van der Waals surface area contributed by atoms with Gasteiger partial charge in [0.25, 0.3) is 0 Å². The predicted molar refractivity (Wildman–Crippen MR) is 57.8 cm³/mol. The molecule has 0 saturated heterocycles. The second-order valence-electron chi connectivity index (χ2n) is 2.65. The maximum absolute atomic E-state index is 9.95. The van der Waals surface area contributed by atoms with Crippen LogP contribution in [0, 0.1) is 12.0 Å². The van der Waals surface area contributed by atoms with Crippen LogP contribution in [0.3, 0.4) is 0 Å². The van der Waals surface area contributed by atoms with Crippen LogP contribution in [0.1, 0.15) is 0 Å². The van der Waals surface area contributed by atoms with Crippen molar-refractivity contribution in [3.63, 3.8) is 0 Å². The number of carbonyl (C=O) groups excluding carboxylic acids is 1. The van der Waals surface area contributed by atoms with Crippen LogP contribution in [0.15, 0.2) is 42.5 Å². The highest BCUT2D eigenvalue weighted by molar-refractivity contribution is 5.66. The average Bonchev–Trinajstić information content (AvgIpc) is 2.25. The lowest BCUT2D eigenvalue weighted by atomic mass is 10.3. The quantitative estimate of drug-likeness (QED) is 0.303. The molecule has 0 spiro atoms. The van der Waals surface area contributed by atoms with Crippen LogP contribution in [0.2, 0.25) is 0 Å². The van der Waals surface area contributed by atoms with Crippen molar-refractivity contribution in [1.82, 2.24) is 0 Å². The van der Waals surface area contributed by atoms with Gasteiger partial charge in [0.05, 0.1) is 0 Å². The first kappa shape index (κ1) is 10.1. The molecule has 0 radical (unpaired) electrons. The molecule has 0 bridgehead atoms. The molecule has 0 aliphatic rings. The number of carbonyl (C=O) groups is 1. The normalized spacial score (nSPS) is 9.21. The number of benzene rings is 1. The van der Waals surface area contributed by atoms with E-state index in [2.05, 4.69) is 12.0 Å². The van der Waals surface area contributed by atoms with Crippen molar-refractivity contribution in [2.45, 2.75) is 0 Å². The van der Waals surface area contributed by atoms with E-state index in [1.54, 1.807) is 4.90 Å². The summed E-state index contributed by atoms with van der Waals surface area (Å²) in [6.45, 7) is 0. The van der Waals surface area contributed by atoms with Gasteiger partial charge in [0, 0.05) is 18.8 Å². The Morgan fingerprint density at radius 2 is 2.00 bits per heavy atom. The molecule has 0 saturated carbocycles. The Morgan fingerprint density at radius 3 is 2.64 bits per heavy atom. The summed E-state index contributed by atoms with van der Waals surface area (Å²) >= 11 is 0. The molecule has 14 heavy (non-hydrogen) atoms. The van der Waals surface area contributed by atoms with Crippen molar-refractivity contribution >= 4 is 12.0 Å². The second-order valence-corrected chi connectivity index (χ2v) is 2.65. The monoisotopic (exact) mass is 185 g/mol. The van der Waals surface area contributed by atoms with E-state index in [1.807, 2.05) is 37.4 Å². The van der Waals surface area contributed by atoms with Gasteiger partial charge in [0.1, 0.15) is 6.29 Å². The van der Waals surface area contributed by atoms with Crippen LogP contribution in [-0.4, -0.2) is 13.3 Å². The molecule has 0 atom stereocenters. The van der Waals surface area contributed by atoms with Crippen molar-refractivity contribution in [1.29, 1.82) is 0 Å². The predicted octanol–water partition coefficient (Wildman–Crippen LogP) is 1.84. The van der Waals surface area contributed by atoms with Crippen LogP contribution in [-0.2, 0) is 4.79 Å². The summed E-state index contributed by atoms with van der Waals surface area (Å²) < 4.78 is 0. The van der Waals surface area contributed by atoms with Crippen LogP contribution in [0.5, 0.6) is 0 Å². The molecule has 1 rings (SSSR count). The Hall–Kier alpha value is -2.01. The SMILES string of the molecule is CN(C#C/C=C/C=O)c1ccccc1. The zero-order valence-electron chi connectivity index (χ0n) is 7.97. The van der Waals surface area contributed by atoms with E-state index in [0.29, 0.717) is 6.29 Å². The number of anilines is 1. The minimum Gasteiger partial charge on any atom is -0.304 e. The molecular weight excluding hydrogens is 174 g/mol. The standard InChI is InChI=1S/C12H11NO/c1-13(10-6-3-7-11-14)12-8-4-2-5-9-12/h2-5,7-9,11H,1H3/b7-3+. The van der Waals surface area contributed by atoms with Crippen molar-refractivity contribution in [2.75, 3.05) is 11.9 Å². The molecule has 2 nitrogen and oxygen atoms in total. The molecular formula is C12H11NO. The number of nitrogens with zero attached hydrogens (tertiary/aromatic N) is 1. The van der Waals surface area contributed by atoms with Gasteiger partial charge in [-0.1, -0.05) is 24.1 Å². The summed E-state index contributed by atoms with van der Waals surface area (Å²) in [5.41, 5.74) is 1.03. The minimum absolute atomic E-state index is 0.706. The number of hydrogen-bond acceptors (Lipinski definition) is 2. The summed E-state index contributed by atoms with van der Waals surface area (Å²) in [5, 5.41) is 0. The first-order valence-electron chi connectivity index (χ1n) is 4.25. The Balaban J connectivity index is 2.66. The van der Waals surface area contributed by atoms with Gasteiger partial charge in [-0.25, -0.2) is 0 Å². The van der Waals surface area contributed by atoms with E-state index in [-0.39, 0.29) is 0 Å². The Kier molecular flexibility index (Phi) is 4.03. The topological polar surface area (TPSA) is 20.3 Å². The van der Waals surface area contributed by atoms with Gasteiger partial charge in [0.15, 0.2) is 0 Å². The first-order valence-corrected chi connectivity index (χ1v) is 4.25. The third-order valence-electron chi connectivity index (χ3n) is 1.63. The van der Waals surface area contributed by atoms with Crippen molar-refractivity contribution in [3.8, 4) is 12.0 Å². The van der Waals surface area contributed by atoms with Gasteiger partial charge in [-0.3, -0.25) is 4.79 Å². The molecule has 0 fully saturated rings. The van der Waals surface area contributed by atoms with Gasteiger partial charge in [-0.05, 0) is 24.3 Å². The molecule has 1 aromatic rings. The minimum atomic E-state index is 0.706. The summed E-state index contributed by atoms with van der Waals surface area (Å²) in [5.74, 6) is 2.75. The Morgan fingerprint density at radius 1 is 1.29 bits per heavy atom. The van der Waals surface area contributed by atoms with Crippen LogP contribution in [0.25, 0.3) is 0 Å². The molecule has 0 unspecified atom stereocenters. The molecule has 70 valence electrons. The molecule has 0 aliphatic carbocycles. The summed E-state index contributed by atoms with van der Waals surface area (Å²) in [6, 6.07) is 12.7. The van der Waals surface area contributed by atoms with E-state index in [1.165, 1.54) is 12.2 Å². The molecule has 0 aliphatic heterocycles. The lowest BCUT2D eigenvalue weighted by Gasteiger charge is -2.09. The third-order valence-corrected chi connectivity index (χ3v) is 1.63. The molecule has 1 aromatic carbocycles. The summed E-state index contributed by atoms with van der Waals surface area (Å²) in [7, 11) is 1.87. The molecule has 0 amide bonds. The number of allylic oxidation sites excluding steroid dienone is 2. The van der Waals surface area contributed by atoms with Gasteiger partial charge >= 0.3 is 0 Å². The lowest BCUT2D eigenvalue weighted by molar-refractivity contribution is -0.104. The third kappa shape index (κ3) is 3.16. The van der Waals surface area contributed by atoms with Crippen LogP contribution < -0.4 is 4.90 Å². The second kappa shape index (κ2) is 5.60. The maximum atomic E-state index is 9.95. The fourth-order valence-electron chi connectivity index (χ4n) is 0.938. The zero-order valence-corrected chi connectivity index (χ0v) is 7.97. The van der Waals surface area contributed by atoms with Crippen molar-refractivity contribution < 1.29 is 4.79 Å². The summed E-state index contributed by atoms with van der Waals surface area (Å²) in [6.07, 6.45) is 3.59. The zero-order chi connectivity index (χ0) is 10.2. The van der Waals surface area contributed by atoms with Gasteiger partial charge in [-0.2, -0.15) is 0 Å². The Bertz CT molecular complexity index is 370. The van der Waals surface area contributed by atoms with Gasteiger partial charge in [-0.15, -0.1) is 0 Å². The molecule has 0 heterocycles. The van der Waals surface area contributed by atoms with Crippen LogP contribution in [0.4, 0.5) is 5.69 Å². The number of aldehydes is 1. The van der Waals surface area contributed by atoms with Gasteiger partial charge in [0.2, 0.25) is 0 Å². The van der Waals surface area contributed by atoms with E-state index < -0.39 is 0 Å². The first-order chi connectivity index (χ1) is 6.84. The average molecular weight is 185 g/mol. The summed E-state index contributed by atoms with van der Waals surface area (Å²) in [4.78, 5) is 11.8. The highest BCUT2D eigenvalue weighted by atomic mass is 16.1. The molecule has 2 heteroatoms.